The van der Waals surface area contributed by atoms with E-state index >= 15 is 0 Å². The molecule has 0 radical (unpaired) electrons. The van der Waals surface area contributed by atoms with E-state index in [9.17, 15) is 9.59 Å². The van der Waals surface area contributed by atoms with Crippen LogP contribution >= 0.6 is 0 Å². The van der Waals surface area contributed by atoms with Gasteiger partial charge in [0.25, 0.3) is 0 Å². The van der Waals surface area contributed by atoms with Gasteiger partial charge in [-0.3, -0.25) is 0 Å². The number of hydrogen-bond acceptors (Lipinski definition) is 3. The number of esters is 1. The summed E-state index contributed by atoms with van der Waals surface area (Å²) >= 11 is -0.306. The van der Waals surface area contributed by atoms with Gasteiger partial charge in [0, 0.05) is 0 Å². The fourth-order valence-electron chi connectivity index (χ4n) is 2.47. The van der Waals surface area contributed by atoms with Gasteiger partial charge in [0.1, 0.15) is 0 Å². The molecule has 1 atom stereocenters. The van der Waals surface area contributed by atoms with E-state index in [2.05, 4.69) is 12.7 Å². The van der Waals surface area contributed by atoms with Crippen molar-refractivity contribution in [1.82, 2.24) is 0 Å². The van der Waals surface area contributed by atoms with E-state index in [0.29, 0.717) is 12.8 Å². The molecular formula is C22H30O3Se. The van der Waals surface area contributed by atoms with Crippen molar-refractivity contribution in [2.75, 3.05) is 6.61 Å². The molecular weight excluding hydrogens is 391 g/mol. The monoisotopic (exact) mass is 422 g/mol. The molecule has 1 aromatic rings. The Morgan fingerprint density at radius 1 is 1.19 bits per heavy atom. The average Bonchev–Trinajstić information content (AvgIpc) is 2.64. The van der Waals surface area contributed by atoms with Gasteiger partial charge in [-0.25, -0.2) is 0 Å². The molecule has 0 aliphatic rings. The van der Waals surface area contributed by atoms with Crippen LogP contribution in [-0.4, -0.2) is 33.3 Å². The van der Waals surface area contributed by atoms with E-state index in [0.717, 1.165) is 23.7 Å². The molecule has 3 nitrogen and oxygen atoms in total. The molecule has 0 aromatic heterocycles. The zero-order chi connectivity index (χ0) is 19.4. The third-order valence-corrected chi connectivity index (χ3v) is 6.86. The SMILES string of the molecule is C=CCCC/C=C(\C)CCC(=O)C(C)([Se]c1ccccc1)C(=O)OCC. The molecule has 26 heavy (non-hydrogen) atoms. The number of ether oxygens (including phenoxy) is 1. The summed E-state index contributed by atoms with van der Waals surface area (Å²) in [6.45, 7) is 9.57. The van der Waals surface area contributed by atoms with Gasteiger partial charge in [-0.1, -0.05) is 0 Å². The molecule has 4 heteroatoms. The van der Waals surface area contributed by atoms with E-state index in [1.807, 2.05) is 43.3 Å². The van der Waals surface area contributed by atoms with Crippen LogP contribution in [0.3, 0.4) is 0 Å². The first-order valence-electron chi connectivity index (χ1n) is 9.15. The minimum absolute atomic E-state index is 0.0290. The Morgan fingerprint density at radius 2 is 1.88 bits per heavy atom. The van der Waals surface area contributed by atoms with Gasteiger partial charge in [0.15, 0.2) is 0 Å². The molecule has 142 valence electrons. The first-order chi connectivity index (χ1) is 12.4. The van der Waals surface area contributed by atoms with Gasteiger partial charge in [-0.2, -0.15) is 0 Å². The fraction of sp³-hybridized carbons (Fsp3) is 0.455. The van der Waals surface area contributed by atoms with Crippen molar-refractivity contribution in [3.8, 4) is 0 Å². The Kier molecular flexibility index (Phi) is 10.2. The molecule has 0 aliphatic heterocycles. The standard InChI is InChI=1S/C22H30O3Se/c1-5-7-8-10-13-18(3)16-17-20(23)22(4,21(24)25-6-2)26-19-14-11-9-12-15-19/h5,9,11-15H,1,6-8,10,16-17H2,2-4H3/b18-13+. The van der Waals surface area contributed by atoms with Crippen LogP contribution in [0.1, 0.15) is 52.9 Å². The summed E-state index contributed by atoms with van der Waals surface area (Å²) in [5, 5.41) is 0. The van der Waals surface area contributed by atoms with E-state index in [-0.39, 0.29) is 27.3 Å². The molecule has 0 N–H and O–H groups in total. The number of unbranched alkanes of at least 4 members (excludes halogenated alkanes) is 2. The van der Waals surface area contributed by atoms with Crippen LogP contribution in [0.2, 0.25) is 4.31 Å². The summed E-state index contributed by atoms with van der Waals surface area (Å²) in [7, 11) is 0. The van der Waals surface area contributed by atoms with Crippen molar-refractivity contribution in [2.24, 2.45) is 0 Å². The number of benzene rings is 1. The molecule has 0 aliphatic carbocycles. The minimum atomic E-state index is -1.08. The molecule has 0 fully saturated rings. The van der Waals surface area contributed by atoms with E-state index in [4.69, 9.17) is 4.74 Å². The predicted octanol–water partition coefficient (Wildman–Crippen LogP) is 4.41. The zero-order valence-corrected chi connectivity index (χ0v) is 17.8. The Labute approximate surface area is 164 Å². The van der Waals surface area contributed by atoms with Gasteiger partial charge < -0.3 is 0 Å². The number of Topliss-reactive ketones (excluding diaryl/α,β-unsaturated/α-hetero) is 1. The average molecular weight is 421 g/mol. The van der Waals surface area contributed by atoms with Crippen LogP contribution < -0.4 is 4.46 Å². The summed E-state index contributed by atoms with van der Waals surface area (Å²) in [6.07, 6.45) is 8.23. The quantitative estimate of drug-likeness (QED) is 0.165. The van der Waals surface area contributed by atoms with Crippen LogP contribution in [0, 0.1) is 0 Å². The Hall–Kier alpha value is -1.64. The molecule has 0 saturated carbocycles. The molecule has 0 spiro atoms. The molecule has 0 bridgehead atoms. The van der Waals surface area contributed by atoms with Gasteiger partial charge in [0.2, 0.25) is 0 Å². The molecule has 0 saturated heterocycles. The maximum atomic E-state index is 12.9. The van der Waals surface area contributed by atoms with E-state index in [1.165, 1.54) is 5.57 Å². The number of rotatable bonds is 12. The fourth-order valence-corrected chi connectivity index (χ4v) is 4.82. The van der Waals surface area contributed by atoms with Gasteiger partial charge in [-0.05, 0) is 0 Å². The maximum absolute atomic E-state index is 12.9. The molecule has 1 rings (SSSR count). The van der Waals surface area contributed by atoms with Crippen molar-refractivity contribution < 1.29 is 14.3 Å². The number of carbonyl (C=O) groups excluding carboxylic acids is 2. The summed E-state index contributed by atoms with van der Waals surface area (Å²) in [5.74, 6) is -0.430. The van der Waals surface area contributed by atoms with Crippen molar-refractivity contribution in [1.29, 1.82) is 0 Å². The molecule has 1 aromatic carbocycles. The van der Waals surface area contributed by atoms with Crippen LogP contribution in [0.15, 0.2) is 54.6 Å². The number of ketones is 1. The van der Waals surface area contributed by atoms with Crippen LogP contribution in [-0.2, 0) is 14.3 Å². The summed E-state index contributed by atoms with van der Waals surface area (Å²) in [4.78, 5) is 25.5. The van der Waals surface area contributed by atoms with Crippen molar-refractivity contribution in [3.63, 3.8) is 0 Å². The molecule has 1 unspecified atom stereocenters. The second kappa shape index (κ2) is 11.9. The summed E-state index contributed by atoms with van der Waals surface area (Å²) < 4.78 is 5.18. The van der Waals surface area contributed by atoms with Gasteiger partial charge in [0.05, 0.1) is 0 Å². The zero-order valence-electron chi connectivity index (χ0n) is 16.1. The van der Waals surface area contributed by atoms with Crippen molar-refractivity contribution in [2.45, 2.75) is 57.2 Å². The second-order valence-corrected chi connectivity index (χ2v) is 9.49. The predicted molar refractivity (Wildman–Crippen MR) is 109 cm³/mol. The molecule has 0 amide bonds. The third-order valence-electron chi connectivity index (χ3n) is 4.11. The first-order valence-corrected chi connectivity index (χ1v) is 10.9. The van der Waals surface area contributed by atoms with Gasteiger partial charge in [-0.15, -0.1) is 0 Å². The topological polar surface area (TPSA) is 43.4 Å². The Bertz CT molecular complexity index is 622. The number of allylic oxidation sites excluding steroid dienone is 3. The second-order valence-electron chi connectivity index (χ2n) is 6.36. The number of carbonyl (C=O) groups is 2. The van der Waals surface area contributed by atoms with E-state index < -0.39 is 10.3 Å². The van der Waals surface area contributed by atoms with Gasteiger partial charge >= 0.3 is 164 Å². The Balaban J connectivity index is 2.78. The van der Waals surface area contributed by atoms with E-state index in [1.54, 1.807) is 13.8 Å². The Morgan fingerprint density at radius 3 is 2.50 bits per heavy atom. The van der Waals surface area contributed by atoms with Crippen molar-refractivity contribution in [3.05, 3.63) is 54.6 Å². The number of hydrogen-bond donors (Lipinski definition) is 0. The summed E-state index contributed by atoms with van der Waals surface area (Å²) in [5.41, 5.74) is 1.20. The molecule has 0 heterocycles. The normalized spacial score (nSPS) is 13.7. The summed E-state index contributed by atoms with van der Waals surface area (Å²) in [6, 6.07) is 9.74. The first kappa shape index (κ1) is 22.4. The third kappa shape index (κ3) is 7.31. The van der Waals surface area contributed by atoms with Crippen LogP contribution in [0.5, 0.6) is 0 Å². The van der Waals surface area contributed by atoms with Crippen LogP contribution in [0.25, 0.3) is 0 Å². The van der Waals surface area contributed by atoms with Crippen LogP contribution in [0.4, 0.5) is 0 Å². The van der Waals surface area contributed by atoms with Crippen molar-refractivity contribution >= 4 is 31.2 Å².